The first-order valence-corrected chi connectivity index (χ1v) is 8.92. The van der Waals surface area contributed by atoms with Crippen LogP contribution in [0.4, 0.5) is 0 Å². The lowest BCUT2D eigenvalue weighted by molar-refractivity contribution is -0.136. The van der Waals surface area contributed by atoms with Crippen molar-refractivity contribution in [3.8, 4) is 11.8 Å². The Kier molecular flexibility index (Phi) is 5.27. The molecule has 0 aromatic heterocycles. The molecule has 2 bridgehead atoms. The number of benzene rings is 1. The Hall–Kier alpha value is -2.09. The second-order valence-corrected chi connectivity index (χ2v) is 7.10. The molecule has 4 rings (SSSR count). The molecule has 3 aliphatic heterocycles. The highest BCUT2D eigenvalue weighted by atomic mass is 16.4. The maximum absolute atomic E-state index is 10.9. The van der Waals surface area contributed by atoms with Crippen molar-refractivity contribution in [2.24, 2.45) is 5.92 Å². The molecule has 2 N–H and O–H groups in total. The molecule has 0 radical (unpaired) electrons. The van der Waals surface area contributed by atoms with E-state index in [4.69, 9.17) is 5.11 Å². The predicted octanol–water partition coefficient (Wildman–Crippen LogP) is 2.24. The van der Waals surface area contributed by atoms with Crippen LogP contribution in [0.15, 0.2) is 30.9 Å². The molecule has 25 heavy (non-hydrogen) atoms. The summed E-state index contributed by atoms with van der Waals surface area (Å²) in [6.45, 7) is 6.56. The van der Waals surface area contributed by atoms with Crippen LogP contribution in [0.1, 0.15) is 36.0 Å². The highest BCUT2D eigenvalue weighted by Crippen LogP contribution is 2.35. The average Bonchev–Trinajstić information content (AvgIpc) is 2.60. The van der Waals surface area contributed by atoms with Crippen molar-refractivity contribution in [2.75, 3.05) is 19.6 Å². The molecule has 1 aromatic rings. The number of aryl methyl sites for hydroxylation is 1. The van der Waals surface area contributed by atoms with Crippen LogP contribution in [0.25, 0.3) is 0 Å². The van der Waals surface area contributed by atoms with Gasteiger partial charge in [-0.15, -0.1) is 6.58 Å². The third kappa shape index (κ3) is 4.12. The van der Waals surface area contributed by atoms with Gasteiger partial charge < -0.3 is 10.2 Å². The van der Waals surface area contributed by atoms with Crippen LogP contribution in [0, 0.1) is 17.8 Å². The fourth-order valence-corrected chi connectivity index (χ4v) is 3.86. The third-order valence-corrected chi connectivity index (χ3v) is 5.30. The Morgan fingerprint density at radius 3 is 2.76 bits per heavy atom. The number of carbonyl (C=O) groups is 1. The van der Waals surface area contributed by atoms with Crippen LogP contribution in [-0.4, -0.2) is 46.3 Å². The van der Waals surface area contributed by atoms with Gasteiger partial charge in [-0.05, 0) is 56.0 Å². The largest absolute Gasteiger partial charge is 0.481 e. The van der Waals surface area contributed by atoms with E-state index in [0.717, 1.165) is 42.6 Å². The number of nitrogens with zero attached hydrogens (tertiary/aromatic N) is 1. The highest BCUT2D eigenvalue weighted by molar-refractivity contribution is 5.67. The molecular formula is C21H25NO3. The average molecular weight is 339 g/mol. The van der Waals surface area contributed by atoms with Gasteiger partial charge in [-0.25, -0.2) is 0 Å². The van der Waals surface area contributed by atoms with Crippen molar-refractivity contribution >= 4 is 5.97 Å². The number of aliphatic hydroxyl groups is 1. The number of carboxylic acid groups (broad SMARTS) is 1. The Morgan fingerprint density at radius 2 is 2.16 bits per heavy atom. The fraction of sp³-hybridized carbons (Fsp3) is 0.476. The zero-order valence-corrected chi connectivity index (χ0v) is 14.5. The Bertz CT molecular complexity index is 722. The lowest BCUT2D eigenvalue weighted by Crippen LogP contribution is -2.58. The molecule has 3 saturated heterocycles. The van der Waals surface area contributed by atoms with Crippen molar-refractivity contribution in [3.05, 3.63) is 47.5 Å². The number of rotatable bonds is 5. The number of hydrogen-bond acceptors (Lipinski definition) is 3. The van der Waals surface area contributed by atoms with Gasteiger partial charge in [-0.3, -0.25) is 9.69 Å². The summed E-state index contributed by atoms with van der Waals surface area (Å²) in [6.07, 6.45) is 5.16. The van der Waals surface area contributed by atoms with Crippen molar-refractivity contribution in [1.29, 1.82) is 0 Å². The Balaban J connectivity index is 1.82. The fourth-order valence-electron chi connectivity index (χ4n) is 3.86. The quantitative estimate of drug-likeness (QED) is 0.638. The molecule has 3 heterocycles. The van der Waals surface area contributed by atoms with Crippen molar-refractivity contribution in [1.82, 2.24) is 4.90 Å². The summed E-state index contributed by atoms with van der Waals surface area (Å²) in [7, 11) is 0. The second kappa shape index (κ2) is 7.43. The van der Waals surface area contributed by atoms with Crippen LogP contribution in [0.2, 0.25) is 0 Å². The maximum Gasteiger partial charge on any atom is 0.303 e. The SMILES string of the molecule is C=CCc1cc(CCC(=O)O)ccc1C#CC1(O)CN2CCC1CC2. The van der Waals surface area contributed by atoms with Gasteiger partial charge in [0.1, 0.15) is 5.60 Å². The molecule has 1 unspecified atom stereocenters. The van der Waals surface area contributed by atoms with Crippen LogP contribution in [0.3, 0.4) is 0 Å². The molecule has 4 heteroatoms. The van der Waals surface area contributed by atoms with Gasteiger partial charge >= 0.3 is 5.97 Å². The first-order valence-electron chi connectivity index (χ1n) is 8.92. The van der Waals surface area contributed by atoms with Crippen molar-refractivity contribution in [3.63, 3.8) is 0 Å². The molecule has 4 nitrogen and oxygen atoms in total. The number of allylic oxidation sites excluding steroid dienone is 1. The summed E-state index contributed by atoms with van der Waals surface area (Å²) in [6, 6.07) is 5.88. The van der Waals surface area contributed by atoms with Crippen LogP contribution in [0.5, 0.6) is 0 Å². The number of hydrogen-bond donors (Lipinski definition) is 2. The van der Waals surface area contributed by atoms with Gasteiger partial charge in [0.25, 0.3) is 0 Å². The molecule has 0 aliphatic carbocycles. The Morgan fingerprint density at radius 1 is 1.40 bits per heavy atom. The van der Waals surface area contributed by atoms with Crippen LogP contribution in [-0.2, 0) is 17.6 Å². The molecule has 1 aromatic carbocycles. The van der Waals surface area contributed by atoms with E-state index in [2.05, 4.69) is 23.3 Å². The minimum Gasteiger partial charge on any atom is -0.481 e. The minimum atomic E-state index is -0.913. The summed E-state index contributed by atoms with van der Waals surface area (Å²) in [4.78, 5) is 13.0. The van der Waals surface area contributed by atoms with Crippen molar-refractivity contribution in [2.45, 2.75) is 37.7 Å². The zero-order chi connectivity index (χ0) is 17.9. The lowest BCUT2D eigenvalue weighted by Gasteiger charge is -2.47. The summed E-state index contributed by atoms with van der Waals surface area (Å²) in [5.74, 6) is 5.82. The second-order valence-electron chi connectivity index (χ2n) is 7.10. The van der Waals surface area contributed by atoms with Gasteiger partial charge in [0, 0.05) is 24.4 Å². The standard InChI is InChI=1S/C21H25NO3/c1-2-3-18-14-16(5-7-20(23)24)4-6-17(18)8-11-21(25)15-22-12-9-19(21)10-13-22/h2,4,6,14,19,25H,1,3,5,7,9-10,12-13,15H2,(H,23,24). The molecule has 3 fully saturated rings. The van der Waals surface area contributed by atoms with E-state index in [0.29, 0.717) is 19.4 Å². The van der Waals surface area contributed by atoms with Gasteiger partial charge in [-0.1, -0.05) is 30.0 Å². The van der Waals surface area contributed by atoms with Gasteiger partial charge in [0.05, 0.1) is 0 Å². The van der Waals surface area contributed by atoms with E-state index in [1.54, 1.807) is 0 Å². The van der Waals surface area contributed by atoms with Crippen molar-refractivity contribution < 1.29 is 15.0 Å². The summed E-state index contributed by atoms with van der Waals surface area (Å²) >= 11 is 0. The third-order valence-electron chi connectivity index (χ3n) is 5.30. The van der Waals surface area contributed by atoms with E-state index in [1.807, 2.05) is 24.3 Å². The molecule has 132 valence electrons. The first-order chi connectivity index (χ1) is 12.0. The minimum absolute atomic E-state index is 0.121. The van der Waals surface area contributed by atoms with Crippen LogP contribution >= 0.6 is 0 Å². The smallest absolute Gasteiger partial charge is 0.303 e. The van der Waals surface area contributed by atoms with E-state index in [1.165, 1.54) is 0 Å². The normalized spacial score (nSPS) is 27.4. The van der Waals surface area contributed by atoms with Crippen LogP contribution < -0.4 is 0 Å². The monoisotopic (exact) mass is 339 g/mol. The summed E-state index contributed by atoms with van der Waals surface area (Å²) in [5.41, 5.74) is 2.01. The Labute approximate surface area is 149 Å². The molecule has 3 aliphatic rings. The zero-order valence-electron chi connectivity index (χ0n) is 14.5. The molecule has 0 amide bonds. The number of fused-ring (bicyclic) bond motifs is 3. The van der Waals surface area contributed by atoms with E-state index >= 15 is 0 Å². The molecular weight excluding hydrogens is 314 g/mol. The van der Waals surface area contributed by atoms with Gasteiger partial charge in [0.15, 0.2) is 0 Å². The maximum atomic E-state index is 10.9. The van der Waals surface area contributed by atoms with E-state index in [9.17, 15) is 9.90 Å². The molecule has 0 saturated carbocycles. The summed E-state index contributed by atoms with van der Waals surface area (Å²) < 4.78 is 0. The molecule has 0 spiro atoms. The molecule has 1 atom stereocenters. The first kappa shape index (κ1) is 17.7. The van der Waals surface area contributed by atoms with Gasteiger partial charge in [0.2, 0.25) is 0 Å². The van der Waals surface area contributed by atoms with Gasteiger partial charge in [-0.2, -0.15) is 0 Å². The number of piperidine rings is 3. The lowest BCUT2D eigenvalue weighted by atomic mass is 9.75. The predicted molar refractivity (Wildman–Crippen MR) is 97.3 cm³/mol. The van der Waals surface area contributed by atoms with E-state index in [-0.39, 0.29) is 12.3 Å². The number of carboxylic acids is 1. The topological polar surface area (TPSA) is 60.8 Å². The number of aliphatic carboxylic acids is 1. The highest BCUT2D eigenvalue weighted by Gasteiger charge is 2.44. The summed E-state index contributed by atoms with van der Waals surface area (Å²) in [5, 5.41) is 19.8. The van der Waals surface area contributed by atoms with E-state index < -0.39 is 11.6 Å².